The minimum absolute atomic E-state index is 0.111. The van der Waals surface area contributed by atoms with Gasteiger partial charge in [0.15, 0.2) is 0 Å². The average Bonchev–Trinajstić information content (AvgIpc) is 2.80. The normalized spacial score (nSPS) is 13.4. The fourth-order valence-corrected chi connectivity index (χ4v) is 2.48. The molecule has 0 saturated heterocycles. The first-order valence-electron chi connectivity index (χ1n) is 6.30. The maximum atomic E-state index is 13.0. The van der Waals surface area contributed by atoms with Crippen molar-refractivity contribution < 1.29 is 18.3 Å². The molecule has 1 heterocycles. The van der Waals surface area contributed by atoms with Gasteiger partial charge < -0.3 is 9.67 Å². The minimum Gasteiger partial charge on any atom is -0.388 e. The maximum Gasteiger partial charge on any atom is 0.416 e. The van der Waals surface area contributed by atoms with E-state index < -0.39 is 17.8 Å². The average molecular weight is 363 g/mol. The second kappa shape index (κ2) is 6.19. The predicted molar refractivity (Wildman–Crippen MR) is 75.6 cm³/mol. The van der Waals surface area contributed by atoms with Crippen molar-refractivity contribution >= 4 is 15.9 Å². The molecule has 2 aromatic rings. The number of alkyl halides is 3. The number of halogens is 4. The molecular weight excluding hydrogens is 349 g/mol. The van der Waals surface area contributed by atoms with Crippen LogP contribution in [0.5, 0.6) is 0 Å². The molecule has 1 unspecified atom stereocenters. The second-order valence-corrected chi connectivity index (χ2v) is 5.65. The van der Waals surface area contributed by atoms with Gasteiger partial charge in [-0.3, -0.25) is 0 Å². The van der Waals surface area contributed by atoms with Crippen molar-refractivity contribution in [3.05, 3.63) is 52.0 Å². The Bertz CT molecular complexity index is 625. The molecule has 3 nitrogen and oxygen atoms in total. The summed E-state index contributed by atoms with van der Waals surface area (Å²) in [6.07, 6.45) is -1.74. The molecule has 0 bridgehead atoms. The van der Waals surface area contributed by atoms with Crippen molar-refractivity contribution in [3.63, 3.8) is 0 Å². The lowest BCUT2D eigenvalue weighted by Gasteiger charge is -2.18. The van der Waals surface area contributed by atoms with Crippen LogP contribution in [0.25, 0.3) is 0 Å². The van der Waals surface area contributed by atoms with E-state index in [1.54, 1.807) is 24.0 Å². The number of hydrogen-bond donors (Lipinski definition) is 1. The zero-order valence-corrected chi connectivity index (χ0v) is 12.8. The van der Waals surface area contributed by atoms with Gasteiger partial charge in [-0.25, -0.2) is 4.98 Å². The van der Waals surface area contributed by atoms with Gasteiger partial charge in [-0.1, -0.05) is 22.0 Å². The van der Waals surface area contributed by atoms with E-state index in [1.807, 2.05) is 0 Å². The smallest absolute Gasteiger partial charge is 0.388 e. The molecule has 2 rings (SSSR count). The topological polar surface area (TPSA) is 38.0 Å². The molecule has 1 N–H and O–H groups in total. The van der Waals surface area contributed by atoms with Crippen LogP contribution in [-0.4, -0.2) is 14.7 Å². The summed E-state index contributed by atoms with van der Waals surface area (Å²) in [4.78, 5) is 4.09. The van der Waals surface area contributed by atoms with Crippen LogP contribution < -0.4 is 0 Å². The molecule has 21 heavy (non-hydrogen) atoms. The lowest BCUT2D eigenvalue weighted by Crippen LogP contribution is -2.13. The first kappa shape index (κ1) is 16.0. The Labute approximate surface area is 128 Å². The minimum atomic E-state index is -4.50. The molecule has 0 amide bonds. The standard InChI is InChI=1S/C14H14BrF3N2O/c1-20-7-6-19-13(20)5-4-12(21)10-3-2-9(15)8-11(10)14(16,17)18/h2-3,6-8,12,21H,4-5H2,1H3. The number of aliphatic hydroxyl groups is 1. The van der Waals surface area contributed by atoms with Crippen LogP contribution in [0.3, 0.4) is 0 Å². The summed E-state index contributed by atoms with van der Waals surface area (Å²) >= 11 is 3.02. The third kappa shape index (κ3) is 3.85. The fourth-order valence-electron chi connectivity index (χ4n) is 2.12. The number of aryl methyl sites for hydroxylation is 2. The Balaban J connectivity index is 2.19. The Hall–Kier alpha value is -1.34. The number of aliphatic hydroxyl groups excluding tert-OH is 1. The Morgan fingerprint density at radius 1 is 1.38 bits per heavy atom. The summed E-state index contributed by atoms with van der Waals surface area (Å²) in [6.45, 7) is 0. The first-order chi connectivity index (χ1) is 9.79. The van der Waals surface area contributed by atoms with Crippen molar-refractivity contribution in [3.8, 4) is 0 Å². The lowest BCUT2D eigenvalue weighted by molar-refractivity contribution is -0.139. The van der Waals surface area contributed by atoms with E-state index in [1.165, 1.54) is 12.1 Å². The van der Waals surface area contributed by atoms with Crippen LogP contribution in [0.4, 0.5) is 13.2 Å². The number of benzene rings is 1. The van der Waals surface area contributed by atoms with E-state index in [9.17, 15) is 18.3 Å². The van der Waals surface area contributed by atoms with Gasteiger partial charge in [0.05, 0.1) is 11.7 Å². The van der Waals surface area contributed by atoms with E-state index in [2.05, 4.69) is 20.9 Å². The van der Waals surface area contributed by atoms with Crippen LogP contribution in [0.2, 0.25) is 0 Å². The van der Waals surface area contributed by atoms with E-state index in [-0.39, 0.29) is 12.0 Å². The van der Waals surface area contributed by atoms with Gasteiger partial charge in [-0.2, -0.15) is 13.2 Å². The van der Waals surface area contributed by atoms with Gasteiger partial charge >= 0.3 is 6.18 Å². The molecular formula is C14H14BrF3N2O. The molecule has 0 aliphatic heterocycles. The van der Waals surface area contributed by atoms with Gasteiger partial charge in [-0.05, 0) is 24.1 Å². The van der Waals surface area contributed by atoms with Crippen molar-refractivity contribution in [1.29, 1.82) is 0 Å². The van der Waals surface area contributed by atoms with Crippen LogP contribution in [0.1, 0.15) is 29.5 Å². The Morgan fingerprint density at radius 3 is 2.67 bits per heavy atom. The van der Waals surface area contributed by atoms with E-state index in [4.69, 9.17) is 0 Å². The van der Waals surface area contributed by atoms with E-state index >= 15 is 0 Å². The molecule has 0 aliphatic carbocycles. The maximum absolute atomic E-state index is 13.0. The summed E-state index contributed by atoms with van der Waals surface area (Å²) in [5.74, 6) is 0.722. The largest absolute Gasteiger partial charge is 0.416 e. The van der Waals surface area contributed by atoms with Gasteiger partial charge in [0, 0.05) is 30.3 Å². The quantitative estimate of drug-likeness (QED) is 0.896. The molecule has 0 aliphatic rings. The van der Waals surface area contributed by atoms with Gasteiger partial charge in [0.1, 0.15) is 5.82 Å². The Kier molecular flexibility index (Phi) is 4.73. The van der Waals surface area contributed by atoms with Crippen molar-refractivity contribution in [2.75, 3.05) is 0 Å². The molecule has 0 radical (unpaired) electrons. The molecule has 0 saturated carbocycles. The number of rotatable bonds is 4. The predicted octanol–water partition coefficient (Wildman–Crippen LogP) is 3.87. The van der Waals surface area contributed by atoms with Crippen LogP contribution >= 0.6 is 15.9 Å². The zero-order chi connectivity index (χ0) is 15.6. The summed E-state index contributed by atoms with van der Waals surface area (Å²) < 4.78 is 41.2. The molecule has 1 aromatic heterocycles. The molecule has 1 atom stereocenters. The number of imidazole rings is 1. The summed E-state index contributed by atoms with van der Waals surface area (Å²) in [5, 5.41) is 10.1. The zero-order valence-electron chi connectivity index (χ0n) is 11.2. The lowest BCUT2D eigenvalue weighted by atomic mass is 9.98. The second-order valence-electron chi connectivity index (χ2n) is 4.74. The first-order valence-corrected chi connectivity index (χ1v) is 7.09. The van der Waals surface area contributed by atoms with Crippen LogP contribution in [0.15, 0.2) is 35.1 Å². The van der Waals surface area contributed by atoms with E-state index in [0.29, 0.717) is 10.9 Å². The third-order valence-corrected chi connectivity index (χ3v) is 3.74. The molecule has 1 aromatic carbocycles. The molecule has 0 spiro atoms. The fraction of sp³-hybridized carbons (Fsp3) is 0.357. The van der Waals surface area contributed by atoms with Crippen molar-refractivity contribution in [2.45, 2.75) is 25.1 Å². The highest BCUT2D eigenvalue weighted by molar-refractivity contribution is 9.10. The van der Waals surface area contributed by atoms with Crippen molar-refractivity contribution in [1.82, 2.24) is 9.55 Å². The van der Waals surface area contributed by atoms with Crippen LogP contribution in [-0.2, 0) is 19.6 Å². The Morgan fingerprint density at radius 2 is 2.10 bits per heavy atom. The number of aromatic nitrogens is 2. The molecule has 7 heteroatoms. The van der Waals surface area contributed by atoms with Gasteiger partial charge in [-0.15, -0.1) is 0 Å². The number of nitrogens with zero attached hydrogens (tertiary/aromatic N) is 2. The summed E-state index contributed by atoms with van der Waals surface area (Å²) in [5.41, 5.74) is -0.927. The SMILES string of the molecule is Cn1ccnc1CCC(O)c1ccc(Br)cc1C(F)(F)F. The highest BCUT2D eigenvalue weighted by atomic mass is 79.9. The summed E-state index contributed by atoms with van der Waals surface area (Å²) in [7, 11) is 1.80. The van der Waals surface area contributed by atoms with Gasteiger partial charge in [0.2, 0.25) is 0 Å². The van der Waals surface area contributed by atoms with Crippen LogP contribution in [0, 0.1) is 0 Å². The molecule has 0 fully saturated rings. The van der Waals surface area contributed by atoms with E-state index in [0.717, 1.165) is 11.9 Å². The third-order valence-electron chi connectivity index (χ3n) is 3.24. The highest BCUT2D eigenvalue weighted by Crippen LogP contribution is 2.37. The number of hydrogen-bond acceptors (Lipinski definition) is 2. The highest BCUT2D eigenvalue weighted by Gasteiger charge is 2.35. The van der Waals surface area contributed by atoms with Crippen molar-refractivity contribution in [2.24, 2.45) is 7.05 Å². The molecule has 114 valence electrons. The monoisotopic (exact) mass is 362 g/mol. The van der Waals surface area contributed by atoms with Gasteiger partial charge in [0.25, 0.3) is 0 Å². The summed E-state index contributed by atoms with van der Waals surface area (Å²) in [6, 6.07) is 3.78.